The number of hydrogen-bond acceptors (Lipinski definition) is 4. The highest BCUT2D eigenvalue weighted by Crippen LogP contribution is 2.33. The monoisotopic (exact) mass is 382 g/mol. The Balaban J connectivity index is 1.59. The molecular formula is C21H26N4O3. The third-order valence-electron chi connectivity index (χ3n) is 4.71. The Labute approximate surface area is 165 Å². The fourth-order valence-corrected chi connectivity index (χ4v) is 3.15. The summed E-state index contributed by atoms with van der Waals surface area (Å²) in [6.45, 7) is 1.12. The number of rotatable bonds is 6. The van der Waals surface area contributed by atoms with Gasteiger partial charge in [-0.05, 0) is 36.2 Å². The highest BCUT2D eigenvalue weighted by atomic mass is 16.5. The van der Waals surface area contributed by atoms with E-state index in [-0.39, 0.29) is 11.9 Å². The maximum Gasteiger partial charge on any atom is 0.319 e. The molecule has 148 valence electrons. The van der Waals surface area contributed by atoms with Gasteiger partial charge in [-0.25, -0.2) is 4.79 Å². The zero-order chi connectivity index (χ0) is 20.1. The van der Waals surface area contributed by atoms with Crippen LogP contribution in [0.1, 0.15) is 18.4 Å². The number of carbonyl (C=O) groups excluding carboxylic acids is 2. The van der Waals surface area contributed by atoms with Crippen molar-refractivity contribution in [2.24, 2.45) is 0 Å². The van der Waals surface area contributed by atoms with Crippen LogP contribution in [0.2, 0.25) is 0 Å². The molecule has 0 saturated carbocycles. The minimum atomic E-state index is -0.302. The average Bonchev–Trinajstić information content (AvgIpc) is 3.12. The summed E-state index contributed by atoms with van der Waals surface area (Å²) in [7, 11) is 5.53. The molecule has 3 amide bonds. The number of carbonyl (C=O) groups is 2. The zero-order valence-electron chi connectivity index (χ0n) is 16.5. The summed E-state index contributed by atoms with van der Waals surface area (Å²) in [5, 5.41) is 5.65. The van der Waals surface area contributed by atoms with Gasteiger partial charge in [0.25, 0.3) is 0 Å². The van der Waals surface area contributed by atoms with E-state index >= 15 is 0 Å². The highest BCUT2D eigenvalue weighted by molar-refractivity contribution is 5.97. The van der Waals surface area contributed by atoms with Crippen molar-refractivity contribution >= 4 is 29.0 Å². The van der Waals surface area contributed by atoms with Crippen LogP contribution in [0.25, 0.3) is 0 Å². The first kappa shape index (κ1) is 19.5. The van der Waals surface area contributed by atoms with Gasteiger partial charge in [0.05, 0.1) is 12.8 Å². The lowest BCUT2D eigenvalue weighted by Crippen LogP contribution is -2.28. The molecule has 2 N–H and O–H groups in total. The van der Waals surface area contributed by atoms with Gasteiger partial charge in [0, 0.05) is 51.0 Å². The van der Waals surface area contributed by atoms with Gasteiger partial charge in [0.2, 0.25) is 5.91 Å². The van der Waals surface area contributed by atoms with Crippen LogP contribution in [0.3, 0.4) is 0 Å². The van der Waals surface area contributed by atoms with Gasteiger partial charge in [0.1, 0.15) is 5.75 Å². The van der Waals surface area contributed by atoms with E-state index in [2.05, 4.69) is 10.6 Å². The van der Waals surface area contributed by atoms with E-state index in [4.69, 9.17) is 4.74 Å². The van der Waals surface area contributed by atoms with Gasteiger partial charge in [-0.2, -0.15) is 0 Å². The number of benzene rings is 2. The van der Waals surface area contributed by atoms with Crippen molar-refractivity contribution in [2.75, 3.05) is 42.9 Å². The summed E-state index contributed by atoms with van der Waals surface area (Å²) in [6.07, 6.45) is 1.40. The topological polar surface area (TPSA) is 73.9 Å². The number of hydrogen-bond donors (Lipinski definition) is 2. The summed E-state index contributed by atoms with van der Waals surface area (Å²) >= 11 is 0. The van der Waals surface area contributed by atoms with Crippen LogP contribution in [0.15, 0.2) is 42.5 Å². The predicted octanol–water partition coefficient (Wildman–Crippen LogP) is 3.21. The molecule has 0 aromatic heterocycles. The maximum absolute atomic E-state index is 12.2. The molecule has 28 heavy (non-hydrogen) atoms. The third-order valence-corrected chi connectivity index (χ3v) is 4.71. The number of urea groups is 1. The summed E-state index contributed by atoms with van der Waals surface area (Å²) in [5.41, 5.74) is 3.46. The smallest absolute Gasteiger partial charge is 0.319 e. The van der Waals surface area contributed by atoms with Crippen molar-refractivity contribution in [3.63, 3.8) is 0 Å². The molecule has 0 bridgehead atoms. The van der Waals surface area contributed by atoms with Crippen LogP contribution in [-0.4, -0.2) is 39.7 Å². The molecular weight excluding hydrogens is 356 g/mol. The molecule has 0 spiro atoms. The van der Waals surface area contributed by atoms with Gasteiger partial charge in [0.15, 0.2) is 0 Å². The summed E-state index contributed by atoms with van der Waals surface area (Å²) in [4.78, 5) is 27.9. The molecule has 3 rings (SSSR count). The van der Waals surface area contributed by atoms with Gasteiger partial charge < -0.3 is 25.2 Å². The number of nitrogens with one attached hydrogen (secondary N) is 2. The van der Waals surface area contributed by atoms with Crippen molar-refractivity contribution in [3.8, 4) is 5.75 Å². The molecule has 1 saturated heterocycles. The molecule has 1 aliphatic rings. The standard InChI is InChI=1S/C21H26N4O3/c1-24(2)17-9-6-15(7-10-17)14-22-21(27)23-16-8-11-18(19(13-16)28-3)25-12-4-5-20(25)26/h6-11,13H,4-5,12,14H2,1-3H3,(H2,22,23,27). The molecule has 0 atom stereocenters. The van der Waals surface area contributed by atoms with Crippen LogP contribution in [-0.2, 0) is 11.3 Å². The summed E-state index contributed by atoms with van der Waals surface area (Å²) in [5.74, 6) is 0.657. The number of nitrogens with zero attached hydrogens (tertiary/aromatic N) is 2. The Hall–Kier alpha value is -3.22. The van der Waals surface area contributed by atoms with E-state index in [1.807, 2.05) is 43.3 Å². The Morgan fingerprint density at radius 2 is 1.93 bits per heavy atom. The molecule has 2 aromatic rings. The first-order valence-electron chi connectivity index (χ1n) is 9.27. The summed E-state index contributed by atoms with van der Waals surface area (Å²) < 4.78 is 5.42. The van der Waals surface area contributed by atoms with Crippen molar-refractivity contribution in [3.05, 3.63) is 48.0 Å². The second-order valence-corrected chi connectivity index (χ2v) is 6.90. The lowest BCUT2D eigenvalue weighted by Gasteiger charge is -2.19. The molecule has 7 nitrogen and oxygen atoms in total. The van der Waals surface area contributed by atoms with Crippen LogP contribution >= 0.6 is 0 Å². The lowest BCUT2D eigenvalue weighted by atomic mass is 10.2. The predicted molar refractivity (Wildman–Crippen MR) is 111 cm³/mol. The number of ether oxygens (including phenoxy) is 1. The Kier molecular flexibility index (Phi) is 6.03. The Morgan fingerprint density at radius 1 is 1.18 bits per heavy atom. The fraction of sp³-hybridized carbons (Fsp3) is 0.333. The van der Waals surface area contributed by atoms with Crippen molar-refractivity contribution < 1.29 is 14.3 Å². The van der Waals surface area contributed by atoms with E-state index in [1.54, 1.807) is 30.2 Å². The first-order valence-corrected chi connectivity index (χ1v) is 9.27. The van der Waals surface area contributed by atoms with Crippen molar-refractivity contribution in [1.29, 1.82) is 0 Å². The molecule has 1 fully saturated rings. The minimum absolute atomic E-state index is 0.0945. The molecule has 7 heteroatoms. The van der Waals surface area contributed by atoms with Gasteiger partial charge in [-0.3, -0.25) is 4.79 Å². The first-order chi connectivity index (χ1) is 13.5. The third kappa shape index (κ3) is 4.54. The van der Waals surface area contributed by atoms with Gasteiger partial charge >= 0.3 is 6.03 Å². The molecule has 1 aliphatic heterocycles. The van der Waals surface area contributed by atoms with Gasteiger partial charge in [-0.1, -0.05) is 12.1 Å². The maximum atomic E-state index is 12.2. The van der Waals surface area contributed by atoms with E-state index < -0.39 is 0 Å². The van der Waals surface area contributed by atoms with Crippen molar-refractivity contribution in [1.82, 2.24) is 5.32 Å². The van der Waals surface area contributed by atoms with Crippen LogP contribution < -0.4 is 25.2 Å². The molecule has 0 unspecified atom stereocenters. The number of methoxy groups -OCH3 is 1. The molecule has 0 aliphatic carbocycles. The van der Waals surface area contributed by atoms with Crippen LogP contribution in [0.4, 0.5) is 21.9 Å². The van der Waals surface area contributed by atoms with E-state index in [1.165, 1.54) is 0 Å². The van der Waals surface area contributed by atoms with Crippen LogP contribution in [0, 0.1) is 0 Å². The molecule has 0 radical (unpaired) electrons. The largest absolute Gasteiger partial charge is 0.494 e. The van der Waals surface area contributed by atoms with Gasteiger partial charge in [-0.15, -0.1) is 0 Å². The Morgan fingerprint density at radius 3 is 2.54 bits per heavy atom. The van der Waals surface area contributed by atoms with E-state index in [0.29, 0.717) is 30.9 Å². The quantitative estimate of drug-likeness (QED) is 0.805. The summed E-state index contributed by atoms with van der Waals surface area (Å²) in [6, 6.07) is 13.0. The highest BCUT2D eigenvalue weighted by Gasteiger charge is 2.24. The van der Waals surface area contributed by atoms with E-state index in [0.717, 1.165) is 23.4 Å². The normalized spacial score (nSPS) is 13.4. The number of amides is 3. The molecule has 2 aromatic carbocycles. The Bertz CT molecular complexity index is 849. The second-order valence-electron chi connectivity index (χ2n) is 6.90. The zero-order valence-corrected chi connectivity index (χ0v) is 16.5. The average molecular weight is 382 g/mol. The minimum Gasteiger partial charge on any atom is -0.494 e. The van der Waals surface area contributed by atoms with E-state index in [9.17, 15) is 9.59 Å². The number of anilines is 3. The SMILES string of the molecule is COc1cc(NC(=O)NCc2ccc(N(C)C)cc2)ccc1N1CCCC1=O. The lowest BCUT2D eigenvalue weighted by molar-refractivity contribution is -0.117. The van der Waals surface area contributed by atoms with Crippen LogP contribution in [0.5, 0.6) is 5.75 Å². The fourth-order valence-electron chi connectivity index (χ4n) is 3.15. The molecule has 1 heterocycles. The second kappa shape index (κ2) is 8.65. The van der Waals surface area contributed by atoms with Crippen molar-refractivity contribution in [2.45, 2.75) is 19.4 Å².